The number of hydrogen-bond acceptors (Lipinski definition) is 4. The number of carbonyl (C=O) groups excluding carboxylic acids is 1. The molecule has 1 heterocycles. The van der Waals surface area contributed by atoms with Crippen LogP contribution in [0.15, 0.2) is 24.3 Å². The van der Waals surface area contributed by atoms with Crippen molar-refractivity contribution in [2.75, 3.05) is 18.2 Å². The fourth-order valence-electron chi connectivity index (χ4n) is 1.52. The predicted octanol–water partition coefficient (Wildman–Crippen LogP) is 1.27. The number of carbonyl (C=O) groups is 1. The summed E-state index contributed by atoms with van der Waals surface area (Å²) in [7, 11) is 0. The molecule has 1 amide bonds. The van der Waals surface area contributed by atoms with Crippen LogP contribution in [0.2, 0.25) is 0 Å². The van der Waals surface area contributed by atoms with Gasteiger partial charge in [-0.15, -0.1) is 0 Å². The van der Waals surface area contributed by atoms with E-state index in [0.29, 0.717) is 5.69 Å². The van der Waals surface area contributed by atoms with Crippen molar-refractivity contribution in [1.82, 2.24) is 0 Å². The lowest BCUT2D eigenvalue weighted by molar-refractivity contribution is -0.153. The molecule has 1 unspecified atom stereocenters. The van der Waals surface area contributed by atoms with Crippen LogP contribution in [0.3, 0.4) is 0 Å². The molecule has 1 saturated heterocycles. The van der Waals surface area contributed by atoms with Crippen LogP contribution < -0.4 is 9.64 Å². The van der Waals surface area contributed by atoms with Gasteiger partial charge in [0.1, 0.15) is 12.5 Å². The van der Waals surface area contributed by atoms with Gasteiger partial charge in [0.05, 0.1) is 0 Å². The zero-order valence-corrected chi connectivity index (χ0v) is 9.55. The Morgan fingerprint density at radius 3 is 2.79 bits per heavy atom. The molecule has 5 nitrogen and oxygen atoms in total. The largest absolute Gasteiger partial charge is 0.484 e. The van der Waals surface area contributed by atoms with E-state index in [1.54, 1.807) is 0 Å². The summed E-state index contributed by atoms with van der Waals surface area (Å²) in [6.07, 6.45) is -5.97. The number of halogens is 3. The van der Waals surface area contributed by atoms with Crippen LogP contribution in [0.4, 0.5) is 18.9 Å². The van der Waals surface area contributed by atoms with Crippen molar-refractivity contribution in [2.45, 2.75) is 12.5 Å². The Morgan fingerprint density at radius 1 is 1.47 bits per heavy atom. The van der Waals surface area contributed by atoms with Gasteiger partial charge >= 0.3 is 6.18 Å². The van der Waals surface area contributed by atoms with Crippen molar-refractivity contribution in [3.05, 3.63) is 24.3 Å². The van der Waals surface area contributed by atoms with Crippen molar-refractivity contribution in [3.63, 3.8) is 0 Å². The minimum atomic E-state index is -4.43. The molecule has 2 rings (SSSR count). The number of aliphatic hydroxyl groups is 1. The average molecular weight is 277 g/mol. The van der Waals surface area contributed by atoms with Gasteiger partial charge in [-0.1, -0.05) is 6.07 Å². The highest BCUT2D eigenvalue weighted by Crippen LogP contribution is 2.26. The molecule has 1 aliphatic heterocycles. The lowest BCUT2D eigenvalue weighted by atomic mass is 10.3. The molecule has 1 aliphatic rings. The maximum absolute atomic E-state index is 12.0. The standard InChI is InChI=1S/C11H10F3NO4/c12-11(13,14)5-18-8-3-1-2-7(4-8)15-6-19-10(17)9(15)16/h1-4,10,17H,5-6H2. The summed E-state index contributed by atoms with van der Waals surface area (Å²) in [6, 6.07) is 5.55. The number of aliphatic hydroxyl groups excluding tert-OH is 1. The SMILES string of the molecule is O=C1C(O)OCN1c1cccc(OCC(F)(F)F)c1. The van der Waals surface area contributed by atoms with Gasteiger partial charge in [-0.3, -0.25) is 9.69 Å². The minimum Gasteiger partial charge on any atom is -0.484 e. The monoisotopic (exact) mass is 277 g/mol. The van der Waals surface area contributed by atoms with Crippen LogP contribution >= 0.6 is 0 Å². The molecular formula is C11H10F3NO4. The third-order valence-corrected chi connectivity index (χ3v) is 2.37. The van der Waals surface area contributed by atoms with Crippen LogP contribution in [0, 0.1) is 0 Å². The fraction of sp³-hybridized carbons (Fsp3) is 0.364. The molecule has 0 saturated carbocycles. The molecule has 0 spiro atoms. The molecule has 1 N–H and O–H groups in total. The van der Waals surface area contributed by atoms with Crippen LogP contribution in [-0.2, 0) is 9.53 Å². The molecule has 1 aromatic rings. The normalized spacial score (nSPS) is 19.9. The quantitative estimate of drug-likeness (QED) is 0.903. The highest BCUT2D eigenvalue weighted by Gasteiger charge is 2.32. The van der Waals surface area contributed by atoms with Crippen LogP contribution in [0.5, 0.6) is 5.75 Å². The highest BCUT2D eigenvalue weighted by atomic mass is 19.4. The van der Waals surface area contributed by atoms with Crippen molar-refractivity contribution >= 4 is 11.6 Å². The van der Waals surface area contributed by atoms with Crippen molar-refractivity contribution in [1.29, 1.82) is 0 Å². The maximum Gasteiger partial charge on any atom is 0.422 e. The average Bonchev–Trinajstić information content (AvgIpc) is 2.67. The summed E-state index contributed by atoms with van der Waals surface area (Å²) >= 11 is 0. The van der Waals surface area contributed by atoms with Crippen LogP contribution in [-0.4, -0.2) is 36.8 Å². The van der Waals surface area contributed by atoms with Gasteiger partial charge in [0.25, 0.3) is 5.91 Å². The summed E-state index contributed by atoms with van der Waals surface area (Å²) in [5.41, 5.74) is 0.293. The number of alkyl halides is 3. The smallest absolute Gasteiger partial charge is 0.422 e. The van der Waals surface area contributed by atoms with Gasteiger partial charge in [-0.05, 0) is 12.1 Å². The number of nitrogens with zero attached hydrogens (tertiary/aromatic N) is 1. The zero-order chi connectivity index (χ0) is 14.0. The first-order valence-electron chi connectivity index (χ1n) is 5.27. The van der Waals surface area contributed by atoms with Crippen molar-refractivity contribution in [3.8, 4) is 5.75 Å². The molecule has 1 aromatic carbocycles. The first-order chi connectivity index (χ1) is 8.87. The van der Waals surface area contributed by atoms with Crippen LogP contribution in [0.1, 0.15) is 0 Å². The van der Waals surface area contributed by atoms with Gasteiger partial charge < -0.3 is 14.6 Å². The lowest BCUT2D eigenvalue weighted by Crippen LogP contribution is -2.29. The Labute approximate surface area is 106 Å². The summed E-state index contributed by atoms with van der Waals surface area (Å²) in [5, 5.41) is 9.12. The molecule has 8 heteroatoms. The Balaban J connectivity index is 2.09. The van der Waals surface area contributed by atoms with E-state index in [2.05, 4.69) is 4.74 Å². The minimum absolute atomic E-state index is 0.0241. The van der Waals surface area contributed by atoms with E-state index in [4.69, 9.17) is 9.84 Å². The highest BCUT2D eigenvalue weighted by molar-refractivity contribution is 5.97. The van der Waals surface area contributed by atoms with Gasteiger partial charge in [0.15, 0.2) is 6.61 Å². The van der Waals surface area contributed by atoms with E-state index in [1.165, 1.54) is 24.3 Å². The summed E-state index contributed by atoms with van der Waals surface area (Å²) in [4.78, 5) is 12.6. The van der Waals surface area contributed by atoms with Gasteiger partial charge in [0, 0.05) is 11.8 Å². The molecule has 19 heavy (non-hydrogen) atoms. The first kappa shape index (κ1) is 13.6. The number of ether oxygens (including phenoxy) is 2. The molecule has 104 valence electrons. The van der Waals surface area contributed by atoms with Gasteiger partial charge in [-0.25, -0.2) is 0 Å². The molecule has 0 bridgehead atoms. The Bertz CT molecular complexity index is 477. The molecule has 0 radical (unpaired) electrons. The number of hydrogen-bond donors (Lipinski definition) is 1. The van der Waals surface area contributed by atoms with E-state index < -0.39 is 25.0 Å². The topological polar surface area (TPSA) is 59.0 Å². The summed E-state index contributed by atoms with van der Waals surface area (Å²) < 4.78 is 45.3. The van der Waals surface area contributed by atoms with E-state index in [0.717, 1.165) is 4.90 Å². The first-order valence-corrected chi connectivity index (χ1v) is 5.27. The van der Waals surface area contributed by atoms with Gasteiger partial charge in [0.2, 0.25) is 6.29 Å². The second-order valence-electron chi connectivity index (χ2n) is 3.82. The third kappa shape index (κ3) is 3.36. The predicted molar refractivity (Wildman–Crippen MR) is 57.4 cm³/mol. The van der Waals surface area contributed by atoms with E-state index in [1.807, 2.05) is 0 Å². The zero-order valence-electron chi connectivity index (χ0n) is 9.55. The van der Waals surface area contributed by atoms with Crippen LogP contribution in [0.25, 0.3) is 0 Å². The van der Waals surface area contributed by atoms with Crippen molar-refractivity contribution in [2.24, 2.45) is 0 Å². The molecule has 0 aromatic heterocycles. The van der Waals surface area contributed by atoms with Gasteiger partial charge in [-0.2, -0.15) is 13.2 Å². The molecule has 0 aliphatic carbocycles. The second-order valence-corrected chi connectivity index (χ2v) is 3.82. The molecular weight excluding hydrogens is 267 g/mol. The number of anilines is 1. The van der Waals surface area contributed by atoms with E-state index >= 15 is 0 Å². The maximum atomic E-state index is 12.0. The Morgan fingerprint density at radius 2 is 2.21 bits per heavy atom. The number of amides is 1. The Hall–Kier alpha value is -1.80. The number of rotatable bonds is 3. The number of benzene rings is 1. The summed E-state index contributed by atoms with van der Waals surface area (Å²) in [5.74, 6) is -0.697. The lowest BCUT2D eigenvalue weighted by Gasteiger charge is -2.15. The third-order valence-electron chi connectivity index (χ3n) is 2.37. The fourth-order valence-corrected chi connectivity index (χ4v) is 1.52. The Kier molecular flexibility index (Phi) is 3.63. The van der Waals surface area contributed by atoms with Crippen molar-refractivity contribution < 1.29 is 32.5 Å². The van der Waals surface area contributed by atoms with E-state index in [-0.39, 0.29) is 12.5 Å². The summed E-state index contributed by atoms with van der Waals surface area (Å²) in [6.45, 7) is -1.58. The molecule has 1 atom stereocenters. The second kappa shape index (κ2) is 5.06. The molecule has 1 fully saturated rings. The van der Waals surface area contributed by atoms with E-state index in [9.17, 15) is 18.0 Å².